The van der Waals surface area contributed by atoms with Crippen LogP contribution in [0.3, 0.4) is 0 Å². The zero-order valence-corrected chi connectivity index (χ0v) is 9.12. The molecule has 78 valence electrons. The molecular weight excluding hydrogens is 162 g/mol. The molecule has 2 nitrogen and oxygen atoms in total. The standard InChI is InChI=1S/C11H23NO/c1-8-4-7-11(8)13-10(3)6-5-9(2)12/h8-11H,4-7,12H2,1-3H3/t8-,9-,10+,11?/m0/s1. The van der Waals surface area contributed by atoms with Crippen molar-refractivity contribution < 1.29 is 4.74 Å². The normalized spacial score (nSPS) is 32.3. The molecule has 0 heterocycles. The second-order valence-electron chi connectivity index (χ2n) is 4.59. The molecule has 1 rings (SSSR count). The van der Waals surface area contributed by atoms with Crippen LogP contribution in [0.5, 0.6) is 0 Å². The lowest BCUT2D eigenvalue weighted by Crippen LogP contribution is -2.35. The summed E-state index contributed by atoms with van der Waals surface area (Å²) in [5.41, 5.74) is 5.69. The van der Waals surface area contributed by atoms with Gasteiger partial charge in [-0.1, -0.05) is 6.92 Å². The van der Waals surface area contributed by atoms with Gasteiger partial charge in [0.25, 0.3) is 0 Å². The molecule has 4 atom stereocenters. The average molecular weight is 185 g/mol. The van der Waals surface area contributed by atoms with Crippen LogP contribution in [0.4, 0.5) is 0 Å². The number of nitrogens with two attached hydrogens (primary N) is 1. The SMILES string of the molecule is C[C@H](N)CC[C@@H](C)OC1CC[C@@H]1C. The second kappa shape index (κ2) is 4.97. The van der Waals surface area contributed by atoms with Gasteiger partial charge in [-0.2, -0.15) is 0 Å². The number of hydrogen-bond acceptors (Lipinski definition) is 2. The molecule has 2 heteroatoms. The number of hydrogen-bond donors (Lipinski definition) is 1. The van der Waals surface area contributed by atoms with E-state index in [1.807, 2.05) is 0 Å². The first kappa shape index (κ1) is 11.0. The summed E-state index contributed by atoms with van der Waals surface area (Å²) < 4.78 is 5.89. The van der Waals surface area contributed by atoms with Crippen LogP contribution in [0.15, 0.2) is 0 Å². The molecule has 0 aromatic carbocycles. The molecule has 13 heavy (non-hydrogen) atoms. The lowest BCUT2D eigenvalue weighted by Gasteiger charge is -2.36. The van der Waals surface area contributed by atoms with E-state index in [9.17, 15) is 0 Å². The van der Waals surface area contributed by atoms with E-state index < -0.39 is 0 Å². The summed E-state index contributed by atoms with van der Waals surface area (Å²) in [6.07, 6.45) is 5.68. The van der Waals surface area contributed by atoms with Gasteiger partial charge >= 0.3 is 0 Å². The number of rotatable bonds is 5. The lowest BCUT2D eigenvalue weighted by molar-refractivity contribution is -0.0802. The third-order valence-corrected chi connectivity index (χ3v) is 2.98. The van der Waals surface area contributed by atoms with E-state index in [0.717, 1.165) is 18.8 Å². The minimum atomic E-state index is 0.310. The van der Waals surface area contributed by atoms with E-state index in [1.54, 1.807) is 0 Å². The van der Waals surface area contributed by atoms with Crippen LogP contribution in [-0.2, 0) is 4.74 Å². The number of ether oxygens (including phenoxy) is 1. The van der Waals surface area contributed by atoms with E-state index in [2.05, 4.69) is 20.8 Å². The zero-order valence-electron chi connectivity index (χ0n) is 9.12. The van der Waals surface area contributed by atoms with Gasteiger partial charge < -0.3 is 10.5 Å². The Kier molecular flexibility index (Phi) is 4.20. The quantitative estimate of drug-likeness (QED) is 0.713. The van der Waals surface area contributed by atoms with Crippen molar-refractivity contribution in [1.29, 1.82) is 0 Å². The zero-order chi connectivity index (χ0) is 9.84. The fraction of sp³-hybridized carbons (Fsp3) is 1.00. The highest BCUT2D eigenvalue weighted by molar-refractivity contribution is 4.78. The van der Waals surface area contributed by atoms with Crippen molar-refractivity contribution in [3.05, 3.63) is 0 Å². The van der Waals surface area contributed by atoms with Crippen molar-refractivity contribution >= 4 is 0 Å². The highest BCUT2D eigenvalue weighted by atomic mass is 16.5. The minimum Gasteiger partial charge on any atom is -0.375 e. The smallest absolute Gasteiger partial charge is 0.0604 e. The monoisotopic (exact) mass is 185 g/mol. The van der Waals surface area contributed by atoms with Gasteiger partial charge in [0.2, 0.25) is 0 Å². The molecule has 0 spiro atoms. The highest BCUT2D eigenvalue weighted by Gasteiger charge is 2.28. The van der Waals surface area contributed by atoms with Crippen molar-refractivity contribution in [1.82, 2.24) is 0 Å². The highest BCUT2D eigenvalue weighted by Crippen LogP contribution is 2.30. The Morgan fingerprint density at radius 2 is 2.00 bits per heavy atom. The Morgan fingerprint density at radius 3 is 2.38 bits per heavy atom. The first-order valence-corrected chi connectivity index (χ1v) is 5.50. The van der Waals surface area contributed by atoms with E-state index in [4.69, 9.17) is 10.5 Å². The van der Waals surface area contributed by atoms with E-state index in [0.29, 0.717) is 18.2 Å². The molecule has 0 aromatic rings. The molecule has 2 N–H and O–H groups in total. The van der Waals surface area contributed by atoms with Crippen molar-refractivity contribution in [3.8, 4) is 0 Å². The summed E-state index contributed by atoms with van der Waals surface area (Å²) in [6.45, 7) is 6.48. The Bertz CT molecular complexity index is 147. The average Bonchev–Trinajstić information content (AvgIpc) is 2.08. The summed E-state index contributed by atoms with van der Waals surface area (Å²) in [6, 6.07) is 0.310. The summed E-state index contributed by atoms with van der Waals surface area (Å²) in [5, 5.41) is 0. The maximum absolute atomic E-state index is 5.89. The molecule has 0 bridgehead atoms. The van der Waals surface area contributed by atoms with Gasteiger partial charge in [0.15, 0.2) is 0 Å². The van der Waals surface area contributed by atoms with Crippen molar-refractivity contribution in [3.63, 3.8) is 0 Å². The Labute approximate surface area is 81.8 Å². The van der Waals surface area contributed by atoms with Gasteiger partial charge in [-0.3, -0.25) is 0 Å². The Hall–Kier alpha value is -0.0800. The first-order valence-electron chi connectivity index (χ1n) is 5.50. The van der Waals surface area contributed by atoms with Crippen LogP contribution in [0.1, 0.15) is 46.5 Å². The molecular formula is C11H23NO. The van der Waals surface area contributed by atoms with Gasteiger partial charge in [-0.25, -0.2) is 0 Å². The lowest BCUT2D eigenvalue weighted by atomic mass is 9.83. The van der Waals surface area contributed by atoms with E-state index in [1.165, 1.54) is 12.8 Å². The maximum Gasteiger partial charge on any atom is 0.0604 e. The minimum absolute atomic E-state index is 0.310. The van der Waals surface area contributed by atoms with Crippen LogP contribution < -0.4 is 5.73 Å². The second-order valence-corrected chi connectivity index (χ2v) is 4.59. The third kappa shape index (κ3) is 3.65. The summed E-state index contributed by atoms with van der Waals surface area (Å²) in [7, 11) is 0. The molecule has 0 amide bonds. The Morgan fingerprint density at radius 1 is 1.31 bits per heavy atom. The van der Waals surface area contributed by atoms with Crippen LogP contribution >= 0.6 is 0 Å². The fourth-order valence-electron chi connectivity index (χ4n) is 1.70. The van der Waals surface area contributed by atoms with Gasteiger partial charge in [0.05, 0.1) is 12.2 Å². The summed E-state index contributed by atoms with van der Waals surface area (Å²) in [5.74, 6) is 0.776. The molecule has 1 aliphatic carbocycles. The topological polar surface area (TPSA) is 35.2 Å². The first-order chi connectivity index (χ1) is 6.09. The third-order valence-electron chi connectivity index (χ3n) is 2.98. The molecule has 0 aliphatic heterocycles. The molecule has 0 aromatic heterocycles. The van der Waals surface area contributed by atoms with Crippen molar-refractivity contribution in [2.45, 2.75) is 64.7 Å². The summed E-state index contributed by atoms with van der Waals surface area (Å²) >= 11 is 0. The van der Waals surface area contributed by atoms with Crippen LogP contribution in [0.25, 0.3) is 0 Å². The largest absolute Gasteiger partial charge is 0.375 e. The Balaban J connectivity index is 2.06. The molecule has 1 unspecified atom stereocenters. The van der Waals surface area contributed by atoms with Gasteiger partial charge in [-0.05, 0) is 45.4 Å². The maximum atomic E-state index is 5.89. The fourth-order valence-corrected chi connectivity index (χ4v) is 1.70. The van der Waals surface area contributed by atoms with Crippen LogP contribution in [-0.4, -0.2) is 18.2 Å². The molecule has 1 saturated carbocycles. The predicted octanol–water partition coefficient (Wildman–Crippen LogP) is 2.32. The molecule has 0 radical (unpaired) electrons. The molecule has 0 saturated heterocycles. The predicted molar refractivity (Wildman–Crippen MR) is 55.6 cm³/mol. The van der Waals surface area contributed by atoms with Crippen molar-refractivity contribution in [2.24, 2.45) is 11.7 Å². The van der Waals surface area contributed by atoms with Crippen LogP contribution in [0.2, 0.25) is 0 Å². The van der Waals surface area contributed by atoms with Gasteiger partial charge in [0, 0.05) is 6.04 Å². The van der Waals surface area contributed by atoms with Crippen molar-refractivity contribution in [2.75, 3.05) is 0 Å². The van der Waals surface area contributed by atoms with Gasteiger partial charge in [0.1, 0.15) is 0 Å². The molecule has 1 fully saturated rings. The van der Waals surface area contributed by atoms with Crippen LogP contribution in [0, 0.1) is 5.92 Å². The van der Waals surface area contributed by atoms with E-state index >= 15 is 0 Å². The van der Waals surface area contributed by atoms with Gasteiger partial charge in [-0.15, -0.1) is 0 Å². The van der Waals surface area contributed by atoms with E-state index in [-0.39, 0.29) is 0 Å². The summed E-state index contributed by atoms with van der Waals surface area (Å²) in [4.78, 5) is 0. The molecule has 1 aliphatic rings.